The van der Waals surface area contributed by atoms with E-state index in [9.17, 15) is 0 Å². The minimum atomic E-state index is 0.655. The van der Waals surface area contributed by atoms with Crippen LogP contribution in [-0.2, 0) is 0 Å². The van der Waals surface area contributed by atoms with E-state index in [1.165, 1.54) is 11.3 Å². The van der Waals surface area contributed by atoms with Gasteiger partial charge < -0.3 is 4.90 Å². The van der Waals surface area contributed by atoms with Crippen molar-refractivity contribution in [1.82, 2.24) is 4.98 Å². The van der Waals surface area contributed by atoms with Gasteiger partial charge in [-0.25, -0.2) is 4.98 Å². The molecule has 0 spiro atoms. The fourth-order valence-corrected chi connectivity index (χ4v) is 3.59. The quantitative estimate of drug-likeness (QED) is 0.318. The van der Waals surface area contributed by atoms with Crippen LogP contribution in [0.5, 0.6) is 0 Å². The van der Waals surface area contributed by atoms with Crippen LogP contribution in [0.1, 0.15) is 11.1 Å². The Bertz CT molecular complexity index is 1170. The molecule has 6 heteroatoms. The van der Waals surface area contributed by atoms with Crippen molar-refractivity contribution in [2.24, 2.45) is 5.10 Å². The maximum Gasteiger partial charge on any atom is 0.203 e. The van der Waals surface area contributed by atoms with Crippen molar-refractivity contribution in [3.05, 3.63) is 95.4 Å². The lowest BCUT2D eigenvalue weighted by Crippen LogP contribution is -2.09. The zero-order valence-electron chi connectivity index (χ0n) is 16.4. The molecular weight excluding hydrogens is 390 g/mol. The van der Waals surface area contributed by atoms with Crippen molar-refractivity contribution in [3.63, 3.8) is 0 Å². The Morgan fingerprint density at radius 3 is 2.30 bits per heavy atom. The van der Waals surface area contributed by atoms with E-state index in [1.807, 2.05) is 91.3 Å². The van der Waals surface area contributed by atoms with E-state index in [-0.39, 0.29) is 0 Å². The molecule has 5 nitrogen and oxygen atoms in total. The van der Waals surface area contributed by atoms with Crippen LogP contribution in [0.4, 0.5) is 16.5 Å². The summed E-state index contributed by atoms with van der Waals surface area (Å²) in [7, 11) is 2.00. The van der Waals surface area contributed by atoms with Gasteiger partial charge in [0.15, 0.2) is 0 Å². The predicted molar refractivity (Wildman–Crippen MR) is 124 cm³/mol. The number of nitrogens with one attached hydrogen (secondary N) is 1. The molecule has 1 N–H and O–H groups in total. The van der Waals surface area contributed by atoms with Gasteiger partial charge in [0.05, 0.1) is 23.5 Å². The first-order valence-electron chi connectivity index (χ1n) is 9.37. The summed E-state index contributed by atoms with van der Waals surface area (Å²) in [6, 6.07) is 27.8. The highest BCUT2D eigenvalue weighted by molar-refractivity contribution is 7.14. The molecule has 0 radical (unpaired) electrons. The molecule has 0 aliphatic heterocycles. The summed E-state index contributed by atoms with van der Waals surface area (Å²) in [4.78, 5) is 6.63. The first-order chi connectivity index (χ1) is 14.7. The SMILES string of the molecule is CN(c1ccc(C#N)cc1)c1ccc(C=NNc2nc(-c3ccccc3)cs2)cc1. The van der Waals surface area contributed by atoms with Crippen LogP contribution >= 0.6 is 11.3 Å². The van der Waals surface area contributed by atoms with Gasteiger partial charge in [0.25, 0.3) is 0 Å². The fourth-order valence-electron chi connectivity index (χ4n) is 2.92. The van der Waals surface area contributed by atoms with Crippen LogP contribution in [0.2, 0.25) is 0 Å². The fraction of sp³-hybridized carbons (Fsp3) is 0.0417. The van der Waals surface area contributed by atoms with Crippen LogP contribution < -0.4 is 10.3 Å². The lowest BCUT2D eigenvalue weighted by atomic mass is 10.1. The molecule has 0 saturated carbocycles. The molecule has 1 aromatic heterocycles. The van der Waals surface area contributed by atoms with Crippen LogP contribution in [0.25, 0.3) is 11.3 Å². The number of rotatable bonds is 6. The maximum absolute atomic E-state index is 8.93. The van der Waals surface area contributed by atoms with Gasteiger partial charge in [0.1, 0.15) is 0 Å². The van der Waals surface area contributed by atoms with E-state index in [0.29, 0.717) is 5.56 Å². The zero-order chi connectivity index (χ0) is 20.8. The Labute approximate surface area is 179 Å². The molecule has 4 rings (SSSR count). The van der Waals surface area contributed by atoms with Gasteiger partial charge in [-0.15, -0.1) is 11.3 Å². The zero-order valence-corrected chi connectivity index (χ0v) is 17.2. The van der Waals surface area contributed by atoms with E-state index in [2.05, 4.69) is 26.5 Å². The third-order valence-corrected chi connectivity index (χ3v) is 5.36. The number of aromatic nitrogens is 1. The number of thiazole rings is 1. The molecule has 1 heterocycles. The molecule has 0 saturated heterocycles. The normalized spacial score (nSPS) is 10.7. The summed E-state index contributed by atoms with van der Waals surface area (Å²) in [5, 5.41) is 16.0. The van der Waals surface area contributed by atoms with E-state index in [4.69, 9.17) is 5.26 Å². The van der Waals surface area contributed by atoms with Crippen LogP contribution in [0.3, 0.4) is 0 Å². The second-order valence-corrected chi connectivity index (χ2v) is 7.44. The highest BCUT2D eigenvalue weighted by Gasteiger charge is 2.05. The minimum Gasteiger partial charge on any atom is -0.345 e. The number of nitrogens with zero attached hydrogens (tertiary/aromatic N) is 4. The Hall–Kier alpha value is -3.95. The molecule has 3 aromatic carbocycles. The topological polar surface area (TPSA) is 64.3 Å². The van der Waals surface area contributed by atoms with Crippen molar-refractivity contribution in [3.8, 4) is 17.3 Å². The molecule has 0 fully saturated rings. The Morgan fingerprint density at radius 2 is 1.63 bits per heavy atom. The van der Waals surface area contributed by atoms with Gasteiger partial charge in [-0.3, -0.25) is 5.43 Å². The standard InChI is InChI=1S/C24H19N5S/c1-29(21-11-7-18(15-25)8-12-21)22-13-9-19(10-14-22)16-26-28-24-27-23(17-30-24)20-5-3-2-4-6-20/h2-14,16-17H,1H3,(H,27,28). The van der Waals surface area contributed by atoms with Crippen molar-refractivity contribution in [1.29, 1.82) is 5.26 Å². The van der Waals surface area contributed by atoms with Gasteiger partial charge >= 0.3 is 0 Å². The van der Waals surface area contributed by atoms with Crippen molar-refractivity contribution in [2.75, 3.05) is 17.4 Å². The second-order valence-electron chi connectivity index (χ2n) is 6.58. The lowest BCUT2D eigenvalue weighted by molar-refractivity contribution is 1.21. The smallest absolute Gasteiger partial charge is 0.203 e. The molecular formula is C24H19N5S. The monoisotopic (exact) mass is 409 g/mol. The Kier molecular flexibility index (Phi) is 5.83. The summed E-state index contributed by atoms with van der Waals surface area (Å²) in [6.45, 7) is 0. The molecule has 0 bridgehead atoms. The van der Waals surface area contributed by atoms with Crippen molar-refractivity contribution in [2.45, 2.75) is 0 Å². The van der Waals surface area contributed by atoms with Crippen molar-refractivity contribution < 1.29 is 0 Å². The molecule has 0 amide bonds. The number of nitriles is 1. The molecule has 0 unspecified atom stereocenters. The molecule has 0 aliphatic rings. The molecule has 0 atom stereocenters. The third kappa shape index (κ3) is 4.54. The predicted octanol–water partition coefficient (Wildman–Crippen LogP) is 5.90. The van der Waals surface area contributed by atoms with E-state index in [1.54, 1.807) is 6.21 Å². The molecule has 0 aliphatic carbocycles. The Morgan fingerprint density at radius 1 is 0.967 bits per heavy atom. The lowest BCUT2D eigenvalue weighted by Gasteiger charge is -2.19. The highest BCUT2D eigenvalue weighted by atomic mass is 32.1. The number of hydrazone groups is 1. The van der Waals surface area contributed by atoms with Gasteiger partial charge in [0, 0.05) is 29.4 Å². The number of benzene rings is 3. The first-order valence-corrected chi connectivity index (χ1v) is 10.2. The number of anilines is 3. The molecule has 146 valence electrons. The van der Waals surface area contributed by atoms with Crippen molar-refractivity contribution >= 4 is 34.1 Å². The average Bonchev–Trinajstić information content (AvgIpc) is 3.29. The molecule has 30 heavy (non-hydrogen) atoms. The number of hydrogen-bond donors (Lipinski definition) is 1. The van der Waals surface area contributed by atoms with Crippen LogP contribution in [-0.4, -0.2) is 18.2 Å². The summed E-state index contributed by atoms with van der Waals surface area (Å²) >= 11 is 1.52. The largest absolute Gasteiger partial charge is 0.345 e. The summed E-state index contributed by atoms with van der Waals surface area (Å²) < 4.78 is 0. The average molecular weight is 410 g/mol. The summed E-state index contributed by atoms with van der Waals surface area (Å²) in [5.41, 5.74) is 8.74. The Balaban J connectivity index is 1.38. The summed E-state index contributed by atoms with van der Waals surface area (Å²) in [6.07, 6.45) is 1.77. The van der Waals surface area contributed by atoms with Crippen LogP contribution in [0, 0.1) is 11.3 Å². The first kappa shape index (κ1) is 19.4. The van der Waals surface area contributed by atoms with Gasteiger partial charge in [-0.05, 0) is 42.0 Å². The second kappa shape index (κ2) is 9.03. The third-order valence-electron chi connectivity index (χ3n) is 4.61. The van der Waals surface area contributed by atoms with Gasteiger partial charge in [-0.1, -0.05) is 42.5 Å². The summed E-state index contributed by atoms with van der Waals surface area (Å²) in [5.74, 6) is 0. The van der Waals surface area contributed by atoms with E-state index >= 15 is 0 Å². The van der Waals surface area contributed by atoms with Gasteiger partial charge in [0.2, 0.25) is 5.13 Å². The van der Waals surface area contributed by atoms with Crippen LogP contribution in [0.15, 0.2) is 89.3 Å². The highest BCUT2D eigenvalue weighted by Crippen LogP contribution is 2.25. The van der Waals surface area contributed by atoms with Gasteiger partial charge in [-0.2, -0.15) is 10.4 Å². The number of hydrogen-bond acceptors (Lipinski definition) is 6. The maximum atomic E-state index is 8.93. The van der Waals surface area contributed by atoms with E-state index in [0.717, 1.165) is 33.3 Å². The minimum absolute atomic E-state index is 0.655. The van der Waals surface area contributed by atoms with E-state index < -0.39 is 0 Å². The molecule has 4 aromatic rings.